The van der Waals surface area contributed by atoms with Crippen LogP contribution in [0, 0.1) is 5.92 Å². The Morgan fingerprint density at radius 1 is 1.17 bits per heavy atom. The summed E-state index contributed by atoms with van der Waals surface area (Å²) in [4.78, 5) is 23.2. The number of ether oxygens (including phenoxy) is 1. The van der Waals surface area contributed by atoms with Gasteiger partial charge >= 0.3 is 11.9 Å². The molecule has 128 valence electrons. The number of esters is 1. The van der Waals surface area contributed by atoms with Crippen molar-refractivity contribution in [2.24, 2.45) is 11.7 Å². The third-order valence-electron chi connectivity index (χ3n) is 3.30. The summed E-state index contributed by atoms with van der Waals surface area (Å²) in [7, 11) is 0. The number of aliphatic carboxylic acids is 1. The average molecular weight is 323 g/mol. The van der Waals surface area contributed by atoms with E-state index in [1.807, 2.05) is 0 Å². The van der Waals surface area contributed by atoms with E-state index >= 15 is 0 Å². The minimum Gasteiger partial charge on any atom is -0.508 e. The fourth-order valence-corrected chi connectivity index (χ4v) is 2.11. The number of hydrogen-bond acceptors (Lipinski definition) is 5. The zero-order chi connectivity index (χ0) is 17.6. The molecule has 6 nitrogen and oxygen atoms in total. The molecule has 0 saturated carbocycles. The van der Waals surface area contributed by atoms with Crippen LogP contribution >= 0.6 is 0 Å². The number of phenols is 1. The van der Waals surface area contributed by atoms with Crippen LogP contribution in [0.25, 0.3) is 0 Å². The second-order valence-corrected chi connectivity index (χ2v) is 6.62. The van der Waals surface area contributed by atoms with E-state index in [0.29, 0.717) is 12.8 Å². The van der Waals surface area contributed by atoms with Gasteiger partial charge in [0, 0.05) is 0 Å². The number of phenolic OH excluding ortho intramolecular Hbond substituents is 1. The first kappa shape index (κ1) is 19.0. The highest BCUT2D eigenvalue weighted by atomic mass is 16.6. The van der Waals surface area contributed by atoms with Crippen LogP contribution in [-0.4, -0.2) is 33.8 Å². The summed E-state index contributed by atoms with van der Waals surface area (Å²) in [5.74, 6) is -1.79. The summed E-state index contributed by atoms with van der Waals surface area (Å²) >= 11 is 0. The highest BCUT2D eigenvalue weighted by Gasteiger charge is 2.26. The van der Waals surface area contributed by atoms with Gasteiger partial charge in [0.1, 0.15) is 17.4 Å². The van der Waals surface area contributed by atoms with Crippen molar-refractivity contribution in [2.75, 3.05) is 0 Å². The van der Waals surface area contributed by atoms with Crippen molar-refractivity contribution in [3.8, 4) is 5.75 Å². The number of rotatable bonds is 7. The van der Waals surface area contributed by atoms with Crippen molar-refractivity contribution in [2.45, 2.75) is 51.7 Å². The van der Waals surface area contributed by atoms with Gasteiger partial charge in [-0.3, -0.25) is 9.59 Å². The molecule has 6 heteroatoms. The second kappa shape index (κ2) is 7.97. The fraction of sp³-hybridized carbons (Fsp3) is 0.529. The Labute approximate surface area is 136 Å². The predicted octanol–water partition coefficient (Wildman–Crippen LogP) is 2.08. The smallest absolute Gasteiger partial charge is 0.320 e. The van der Waals surface area contributed by atoms with E-state index in [9.17, 15) is 14.7 Å². The molecule has 0 aliphatic rings. The number of nitrogens with two attached hydrogens (primary N) is 1. The van der Waals surface area contributed by atoms with E-state index in [2.05, 4.69) is 0 Å². The molecule has 1 rings (SSSR count). The van der Waals surface area contributed by atoms with E-state index in [-0.39, 0.29) is 18.1 Å². The van der Waals surface area contributed by atoms with Gasteiger partial charge in [0.05, 0.1) is 5.92 Å². The van der Waals surface area contributed by atoms with Gasteiger partial charge in [0.25, 0.3) is 0 Å². The lowest BCUT2D eigenvalue weighted by atomic mass is 9.93. The zero-order valence-corrected chi connectivity index (χ0v) is 13.8. The van der Waals surface area contributed by atoms with E-state index in [4.69, 9.17) is 15.6 Å². The monoisotopic (exact) mass is 323 g/mol. The first-order valence-corrected chi connectivity index (χ1v) is 7.57. The molecule has 0 aliphatic carbocycles. The first-order valence-electron chi connectivity index (χ1n) is 7.57. The Hall–Kier alpha value is -2.08. The van der Waals surface area contributed by atoms with Gasteiger partial charge in [-0.25, -0.2) is 0 Å². The highest BCUT2D eigenvalue weighted by molar-refractivity contribution is 5.74. The van der Waals surface area contributed by atoms with Gasteiger partial charge in [-0.2, -0.15) is 0 Å². The molecule has 0 fully saturated rings. The third kappa shape index (κ3) is 7.15. The summed E-state index contributed by atoms with van der Waals surface area (Å²) < 4.78 is 5.41. The Balaban J connectivity index is 2.80. The topological polar surface area (TPSA) is 110 Å². The number of aromatic hydroxyl groups is 1. The zero-order valence-electron chi connectivity index (χ0n) is 13.8. The highest BCUT2D eigenvalue weighted by Crippen LogP contribution is 2.21. The van der Waals surface area contributed by atoms with Crippen LogP contribution in [0.15, 0.2) is 24.3 Å². The average Bonchev–Trinajstić information content (AvgIpc) is 2.42. The van der Waals surface area contributed by atoms with Crippen LogP contribution < -0.4 is 5.73 Å². The summed E-state index contributed by atoms with van der Waals surface area (Å²) in [6.07, 6.45) is 0.919. The van der Waals surface area contributed by atoms with Crippen LogP contribution in [-0.2, 0) is 20.7 Å². The number of carboxylic acid groups (broad SMARTS) is 1. The molecular formula is C17H25NO5. The normalized spacial score (nSPS) is 14.1. The SMILES string of the molecule is CC(C)(C)OC(=O)C(CCC(N)C(=O)O)Cc1ccc(O)cc1. The molecule has 4 N–H and O–H groups in total. The number of hydrogen-bond donors (Lipinski definition) is 3. The van der Waals surface area contributed by atoms with Crippen molar-refractivity contribution in [1.29, 1.82) is 0 Å². The third-order valence-corrected chi connectivity index (χ3v) is 3.30. The molecule has 2 atom stereocenters. The van der Waals surface area contributed by atoms with Crippen molar-refractivity contribution in [1.82, 2.24) is 0 Å². The molecule has 0 radical (unpaired) electrons. The number of carbonyl (C=O) groups excluding carboxylic acids is 1. The van der Waals surface area contributed by atoms with Gasteiger partial charge in [-0.1, -0.05) is 12.1 Å². The van der Waals surface area contributed by atoms with Crippen LogP contribution in [0.3, 0.4) is 0 Å². The Morgan fingerprint density at radius 2 is 1.74 bits per heavy atom. The molecule has 0 saturated heterocycles. The molecule has 0 aromatic heterocycles. The number of benzene rings is 1. The molecular weight excluding hydrogens is 298 g/mol. The van der Waals surface area contributed by atoms with Crippen molar-refractivity contribution in [3.05, 3.63) is 29.8 Å². The molecule has 2 unspecified atom stereocenters. The minimum atomic E-state index is -1.09. The quantitative estimate of drug-likeness (QED) is 0.663. The Morgan fingerprint density at radius 3 is 2.22 bits per heavy atom. The maximum atomic E-state index is 12.4. The van der Waals surface area contributed by atoms with E-state index in [0.717, 1.165) is 5.56 Å². The maximum absolute atomic E-state index is 12.4. The van der Waals surface area contributed by atoms with Crippen LogP contribution in [0.5, 0.6) is 5.75 Å². The first-order chi connectivity index (χ1) is 10.6. The number of carboxylic acids is 1. The van der Waals surface area contributed by atoms with Crippen molar-refractivity contribution in [3.63, 3.8) is 0 Å². The second-order valence-electron chi connectivity index (χ2n) is 6.62. The standard InChI is InChI=1S/C17H25NO5/c1-17(2,3)23-16(22)12(6-9-14(18)15(20)21)10-11-4-7-13(19)8-5-11/h4-5,7-8,12,14,19H,6,9-10,18H2,1-3H3,(H,20,21). The van der Waals surface area contributed by atoms with Crippen molar-refractivity contribution >= 4 is 11.9 Å². The summed E-state index contributed by atoms with van der Waals surface area (Å²) in [6.45, 7) is 5.35. The predicted molar refractivity (Wildman–Crippen MR) is 86.0 cm³/mol. The molecule has 1 aromatic rings. The van der Waals surface area contributed by atoms with Crippen molar-refractivity contribution < 1.29 is 24.5 Å². The Kier molecular flexibility index (Phi) is 6.57. The molecule has 0 amide bonds. The number of carbonyl (C=O) groups is 2. The molecule has 23 heavy (non-hydrogen) atoms. The molecule has 0 bridgehead atoms. The largest absolute Gasteiger partial charge is 0.508 e. The van der Waals surface area contributed by atoms with Crippen LogP contribution in [0.1, 0.15) is 39.2 Å². The van der Waals surface area contributed by atoms with Gasteiger partial charge in [-0.15, -0.1) is 0 Å². The molecule has 0 spiro atoms. The van der Waals surface area contributed by atoms with Gasteiger partial charge in [-0.05, 0) is 57.7 Å². The van der Waals surface area contributed by atoms with Crippen LogP contribution in [0.4, 0.5) is 0 Å². The Bertz CT molecular complexity index is 533. The maximum Gasteiger partial charge on any atom is 0.320 e. The lowest BCUT2D eigenvalue weighted by Crippen LogP contribution is -2.33. The minimum absolute atomic E-state index is 0.149. The summed E-state index contributed by atoms with van der Waals surface area (Å²) in [5, 5.41) is 18.2. The van der Waals surface area contributed by atoms with Gasteiger partial charge in [0.2, 0.25) is 0 Å². The van der Waals surface area contributed by atoms with E-state index in [1.165, 1.54) is 0 Å². The van der Waals surface area contributed by atoms with Crippen LogP contribution in [0.2, 0.25) is 0 Å². The summed E-state index contributed by atoms with van der Waals surface area (Å²) in [5.41, 5.74) is 5.77. The van der Waals surface area contributed by atoms with Gasteiger partial charge in [0.15, 0.2) is 0 Å². The fourth-order valence-electron chi connectivity index (χ4n) is 2.11. The lowest BCUT2D eigenvalue weighted by Gasteiger charge is -2.24. The summed E-state index contributed by atoms with van der Waals surface area (Å²) in [6, 6.07) is 5.54. The molecule has 0 heterocycles. The van der Waals surface area contributed by atoms with E-state index < -0.39 is 23.5 Å². The molecule has 1 aromatic carbocycles. The lowest BCUT2D eigenvalue weighted by molar-refractivity contribution is -0.160. The molecule has 0 aliphatic heterocycles. The van der Waals surface area contributed by atoms with Gasteiger partial charge < -0.3 is 20.7 Å². The van der Waals surface area contributed by atoms with E-state index in [1.54, 1.807) is 45.0 Å².